The number of anilines is 1. The molecule has 0 aliphatic carbocycles. The van der Waals surface area contributed by atoms with Gasteiger partial charge in [0.05, 0.1) is 30.3 Å². The van der Waals surface area contributed by atoms with Gasteiger partial charge in [0.15, 0.2) is 0 Å². The quantitative estimate of drug-likeness (QED) is 0.846. The molecule has 1 aromatic rings. The lowest BCUT2D eigenvalue weighted by Gasteiger charge is -2.19. The van der Waals surface area contributed by atoms with Crippen LogP contribution in [-0.2, 0) is 4.79 Å². The summed E-state index contributed by atoms with van der Waals surface area (Å²) in [7, 11) is 3.03. The second kappa shape index (κ2) is 6.87. The smallest absolute Gasteiger partial charge is 0.321 e. The third kappa shape index (κ3) is 3.44. The van der Waals surface area contributed by atoms with Crippen LogP contribution in [0.2, 0.25) is 0 Å². The van der Waals surface area contributed by atoms with Crippen LogP contribution in [0.1, 0.15) is 6.42 Å². The summed E-state index contributed by atoms with van der Waals surface area (Å²) in [6.45, 7) is 0.628. The van der Waals surface area contributed by atoms with Crippen LogP contribution in [0.3, 0.4) is 0 Å². The summed E-state index contributed by atoms with van der Waals surface area (Å²) in [4.78, 5) is 24.7. The highest BCUT2D eigenvalue weighted by Gasteiger charge is 2.31. The first-order chi connectivity index (χ1) is 10.5. The molecule has 0 saturated carbocycles. The first-order valence-electron chi connectivity index (χ1n) is 6.66. The van der Waals surface area contributed by atoms with Crippen LogP contribution in [0.4, 0.5) is 10.5 Å². The Morgan fingerprint density at radius 1 is 1.32 bits per heavy atom. The van der Waals surface area contributed by atoms with E-state index in [1.54, 1.807) is 12.1 Å². The zero-order chi connectivity index (χ0) is 16.3. The zero-order valence-electron chi connectivity index (χ0n) is 12.3. The minimum Gasteiger partial charge on any atom is -0.495 e. The number of aliphatic carboxylic acids is 1. The van der Waals surface area contributed by atoms with Crippen molar-refractivity contribution in [1.29, 1.82) is 0 Å². The molecule has 120 valence electrons. The standard InChI is InChI=1S/C14H17BrN2O5/c1-21-11-6-12(22-2)10(5-9(11)15)16-14(20)17-4-3-8(7-17)13(18)19/h5-6,8H,3-4,7H2,1-2H3,(H,16,20)(H,18,19). The topological polar surface area (TPSA) is 88.1 Å². The highest BCUT2D eigenvalue weighted by Crippen LogP contribution is 2.36. The normalized spacial score (nSPS) is 17.2. The first kappa shape index (κ1) is 16.4. The predicted molar refractivity (Wildman–Crippen MR) is 83.6 cm³/mol. The van der Waals surface area contributed by atoms with Crippen molar-refractivity contribution < 1.29 is 24.2 Å². The van der Waals surface area contributed by atoms with Crippen molar-refractivity contribution >= 4 is 33.6 Å². The number of hydrogen-bond donors (Lipinski definition) is 2. The summed E-state index contributed by atoms with van der Waals surface area (Å²) in [6, 6.07) is 2.99. The maximum absolute atomic E-state index is 12.2. The summed E-state index contributed by atoms with van der Waals surface area (Å²) >= 11 is 3.35. The molecule has 2 amide bonds. The Morgan fingerprint density at radius 2 is 2.00 bits per heavy atom. The average molecular weight is 373 g/mol. The number of carboxylic acids is 1. The highest BCUT2D eigenvalue weighted by molar-refractivity contribution is 9.10. The Hall–Kier alpha value is -1.96. The van der Waals surface area contributed by atoms with E-state index in [4.69, 9.17) is 14.6 Å². The fraction of sp³-hybridized carbons (Fsp3) is 0.429. The summed E-state index contributed by atoms with van der Waals surface area (Å²) in [5.41, 5.74) is 0.485. The molecule has 0 bridgehead atoms. The maximum Gasteiger partial charge on any atom is 0.321 e. The molecule has 1 aromatic carbocycles. The number of nitrogens with one attached hydrogen (secondary N) is 1. The van der Waals surface area contributed by atoms with Crippen LogP contribution >= 0.6 is 15.9 Å². The van der Waals surface area contributed by atoms with Gasteiger partial charge in [0.2, 0.25) is 0 Å². The Balaban J connectivity index is 2.12. The van der Waals surface area contributed by atoms with Crippen molar-refractivity contribution in [2.75, 3.05) is 32.6 Å². The van der Waals surface area contributed by atoms with Crippen LogP contribution in [0.15, 0.2) is 16.6 Å². The monoisotopic (exact) mass is 372 g/mol. The van der Waals surface area contributed by atoms with E-state index in [0.29, 0.717) is 34.6 Å². The second-order valence-corrected chi connectivity index (χ2v) is 5.74. The largest absolute Gasteiger partial charge is 0.495 e. The number of carbonyl (C=O) groups is 2. The van der Waals surface area contributed by atoms with Gasteiger partial charge in [0.25, 0.3) is 0 Å². The van der Waals surface area contributed by atoms with E-state index in [9.17, 15) is 9.59 Å². The number of benzene rings is 1. The van der Waals surface area contributed by atoms with Crippen LogP contribution in [0.25, 0.3) is 0 Å². The number of hydrogen-bond acceptors (Lipinski definition) is 4. The lowest BCUT2D eigenvalue weighted by atomic mass is 10.1. The van der Waals surface area contributed by atoms with Gasteiger partial charge in [-0.05, 0) is 28.4 Å². The number of carbonyl (C=O) groups excluding carboxylic acids is 1. The maximum atomic E-state index is 12.2. The molecule has 1 aliphatic rings. The van der Waals surface area contributed by atoms with Crippen molar-refractivity contribution in [2.24, 2.45) is 5.92 Å². The molecule has 8 heteroatoms. The highest BCUT2D eigenvalue weighted by atomic mass is 79.9. The van der Waals surface area contributed by atoms with Crippen molar-refractivity contribution in [1.82, 2.24) is 4.90 Å². The van der Waals surface area contributed by atoms with Gasteiger partial charge in [-0.2, -0.15) is 0 Å². The molecule has 0 radical (unpaired) electrons. The SMILES string of the molecule is COc1cc(OC)c(NC(=O)N2CCC(C(=O)O)C2)cc1Br. The van der Waals surface area contributed by atoms with Crippen molar-refractivity contribution in [3.05, 3.63) is 16.6 Å². The van der Waals surface area contributed by atoms with Gasteiger partial charge in [0.1, 0.15) is 11.5 Å². The first-order valence-corrected chi connectivity index (χ1v) is 7.45. The van der Waals surface area contributed by atoms with E-state index in [0.717, 1.165) is 0 Å². The Labute approximate surface area is 136 Å². The van der Waals surface area contributed by atoms with E-state index in [-0.39, 0.29) is 12.6 Å². The number of halogens is 1. The molecule has 1 aliphatic heterocycles. The molecule has 1 heterocycles. The van der Waals surface area contributed by atoms with Gasteiger partial charge < -0.3 is 24.8 Å². The van der Waals surface area contributed by atoms with Gasteiger partial charge in [0, 0.05) is 19.2 Å². The molecule has 0 spiro atoms. The Morgan fingerprint density at radius 3 is 2.55 bits per heavy atom. The Bertz CT molecular complexity index is 593. The third-order valence-corrected chi connectivity index (χ3v) is 4.16. The molecular formula is C14H17BrN2O5. The number of nitrogens with zero attached hydrogens (tertiary/aromatic N) is 1. The van der Waals surface area contributed by atoms with E-state index < -0.39 is 11.9 Å². The third-order valence-electron chi connectivity index (χ3n) is 3.54. The molecular weight excluding hydrogens is 356 g/mol. The molecule has 1 fully saturated rings. The van der Waals surface area contributed by atoms with Crippen LogP contribution in [0, 0.1) is 5.92 Å². The zero-order valence-corrected chi connectivity index (χ0v) is 13.8. The number of carboxylic acid groups (broad SMARTS) is 1. The number of methoxy groups -OCH3 is 2. The number of likely N-dealkylation sites (tertiary alicyclic amines) is 1. The van der Waals surface area contributed by atoms with E-state index in [2.05, 4.69) is 21.2 Å². The van der Waals surface area contributed by atoms with Crippen LogP contribution in [0.5, 0.6) is 11.5 Å². The molecule has 0 aromatic heterocycles. The molecule has 2 N–H and O–H groups in total. The molecule has 1 saturated heterocycles. The average Bonchev–Trinajstić information content (AvgIpc) is 2.97. The van der Waals surface area contributed by atoms with E-state index >= 15 is 0 Å². The molecule has 1 unspecified atom stereocenters. The number of rotatable bonds is 4. The lowest BCUT2D eigenvalue weighted by molar-refractivity contribution is -0.141. The summed E-state index contributed by atoms with van der Waals surface area (Å²) < 4.78 is 11.1. The van der Waals surface area contributed by atoms with E-state index in [1.165, 1.54) is 19.1 Å². The van der Waals surface area contributed by atoms with Crippen molar-refractivity contribution in [3.63, 3.8) is 0 Å². The minimum atomic E-state index is -0.875. The molecule has 1 atom stereocenters. The summed E-state index contributed by atoms with van der Waals surface area (Å²) in [5.74, 6) is -0.334. The van der Waals surface area contributed by atoms with Gasteiger partial charge in [-0.15, -0.1) is 0 Å². The molecule has 22 heavy (non-hydrogen) atoms. The number of amides is 2. The predicted octanol–water partition coefficient (Wildman–Crippen LogP) is 2.40. The van der Waals surface area contributed by atoms with Gasteiger partial charge in [-0.1, -0.05) is 0 Å². The van der Waals surface area contributed by atoms with Crippen molar-refractivity contribution in [2.45, 2.75) is 6.42 Å². The van der Waals surface area contributed by atoms with Crippen LogP contribution < -0.4 is 14.8 Å². The fourth-order valence-electron chi connectivity index (χ4n) is 2.30. The van der Waals surface area contributed by atoms with Gasteiger partial charge in [-0.25, -0.2) is 4.79 Å². The lowest BCUT2D eigenvalue weighted by Crippen LogP contribution is -2.33. The molecule has 2 rings (SSSR count). The summed E-state index contributed by atoms with van der Waals surface area (Å²) in [5, 5.41) is 11.7. The summed E-state index contributed by atoms with van der Waals surface area (Å²) in [6.07, 6.45) is 0.464. The number of ether oxygens (including phenoxy) is 2. The van der Waals surface area contributed by atoms with E-state index in [1.807, 2.05) is 0 Å². The Kier molecular flexibility index (Phi) is 5.12. The van der Waals surface area contributed by atoms with Gasteiger partial charge in [-0.3, -0.25) is 4.79 Å². The molecule has 7 nitrogen and oxygen atoms in total. The number of urea groups is 1. The fourth-order valence-corrected chi connectivity index (χ4v) is 2.80. The second-order valence-electron chi connectivity index (χ2n) is 4.89. The van der Waals surface area contributed by atoms with Gasteiger partial charge >= 0.3 is 12.0 Å². The van der Waals surface area contributed by atoms with Crippen molar-refractivity contribution in [3.8, 4) is 11.5 Å². The minimum absolute atomic E-state index is 0.209. The van der Waals surface area contributed by atoms with Crippen LogP contribution in [-0.4, -0.2) is 49.3 Å².